The van der Waals surface area contributed by atoms with Gasteiger partial charge >= 0.3 is 6.09 Å². The summed E-state index contributed by atoms with van der Waals surface area (Å²) in [5, 5.41) is 9.90. The van der Waals surface area contributed by atoms with Crippen LogP contribution in [0.3, 0.4) is 0 Å². The van der Waals surface area contributed by atoms with Crippen LogP contribution < -0.4 is 15.0 Å². The first-order valence-corrected chi connectivity index (χ1v) is 12.1. The number of nitrogens with zero attached hydrogens (tertiary/aromatic N) is 5. The third kappa shape index (κ3) is 5.25. The molecule has 5 heterocycles. The molecule has 1 saturated heterocycles. The topological polar surface area (TPSA) is 110 Å². The third-order valence-corrected chi connectivity index (χ3v) is 6.71. The molecule has 0 bridgehead atoms. The predicted octanol–water partition coefficient (Wildman–Crippen LogP) is 2.74. The summed E-state index contributed by atoms with van der Waals surface area (Å²) in [6, 6.07) is 5.98. The molecule has 2 aliphatic rings. The Balaban J connectivity index is 1.20. The van der Waals surface area contributed by atoms with Gasteiger partial charge in [0.15, 0.2) is 11.5 Å². The highest BCUT2D eigenvalue weighted by molar-refractivity contribution is 5.74. The number of amides is 1. The van der Waals surface area contributed by atoms with E-state index in [0.29, 0.717) is 80.5 Å². The van der Waals surface area contributed by atoms with Gasteiger partial charge in [0.25, 0.3) is 5.56 Å². The van der Waals surface area contributed by atoms with Crippen molar-refractivity contribution in [3.63, 3.8) is 0 Å². The van der Waals surface area contributed by atoms with Crippen LogP contribution in [0.5, 0.6) is 11.5 Å². The molecule has 5 rings (SSSR count). The molecule has 10 nitrogen and oxygen atoms in total. The zero-order valence-electron chi connectivity index (χ0n) is 19.8. The summed E-state index contributed by atoms with van der Waals surface area (Å²) in [6.45, 7) is 3.66. The van der Waals surface area contributed by atoms with Crippen LogP contribution in [-0.2, 0) is 13.1 Å². The van der Waals surface area contributed by atoms with Crippen molar-refractivity contribution in [1.82, 2.24) is 24.3 Å². The summed E-state index contributed by atoms with van der Waals surface area (Å²) < 4.78 is 26.6. The van der Waals surface area contributed by atoms with Crippen molar-refractivity contribution in [2.75, 3.05) is 32.8 Å². The first-order valence-electron chi connectivity index (χ1n) is 12.1. The van der Waals surface area contributed by atoms with E-state index in [0.717, 1.165) is 12.6 Å². The van der Waals surface area contributed by atoms with E-state index in [-0.39, 0.29) is 18.1 Å². The Bertz CT molecular complexity index is 1310. The highest BCUT2D eigenvalue weighted by Gasteiger charge is 2.28. The van der Waals surface area contributed by atoms with Gasteiger partial charge in [-0.25, -0.2) is 9.18 Å². The van der Waals surface area contributed by atoms with Crippen LogP contribution in [0.2, 0.25) is 0 Å². The number of pyridine rings is 3. The summed E-state index contributed by atoms with van der Waals surface area (Å²) >= 11 is 0. The molecule has 190 valence electrons. The molecule has 3 aromatic rings. The van der Waals surface area contributed by atoms with Gasteiger partial charge in [-0.2, -0.15) is 0 Å². The number of ether oxygens (including phenoxy) is 2. The predicted molar refractivity (Wildman–Crippen MR) is 129 cm³/mol. The molecular formula is C25H28FN5O5. The molecule has 11 heteroatoms. The molecule has 0 aromatic carbocycles. The molecule has 0 saturated carbocycles. The van der Waals surface area contributed by atoms with Crippen LogP contribution in [-0.4, -0.2) is 74.4 Å². The fourth-order valence-corrected chi connectivity index (χ4v) is 4.79. The molecule has 36 heavy (non-hydrogen) atoms. The molecule has 1 amide bonds. The van der Waals surface area contributed by atoms with E-state index in [1.54, 1.807) is 18.3 Å². The highest BCUT2D eigenvalue weighted by atomic mass is 19.1. The number of fused-ring (bicyclic) bond motifs is 2. The Hall–Kier alpha value is -3.73. The lowest BCUT2D eigenvalue weighted by molar-refractivity contribution is 0.0850. The molecule has 0 unspecified atom stereocenters. The Morgan fingerprint density at radius 1 is 1.08 bits per heavy atom. The van der Waals surface area contributed by atoms with Crippen molar-refractivity contribution < 1.29 is 23.8 Å². The molecule has 1 fully saturated rings. The molecule has 0 aliphatic carbocycles. The molecule has 1 N–H and O–H groups in total. The monoisotopic (exact) mass is 497 g/mol. The summed E-state index contributed by atoms with van der Waals surface area (Å²) in [5.41, 5.74) is 1.44. The number of carboxylic acid groups (broad SMARTS) is 1. The van der Waals surface area contributed by atoms with Gasteiger partial charge in [0.2, 0.25) is 0 Å². The van der Waals surface area contributed by atoms with E-state index in [9.17, 15) is 19.1 Å². The number of hydrogen-bond acceptors (Lipinski definition) is 7. The lowest BCUT2D eigenvalue weighted by atomic mass is 10.0. The summed E-state index contributed by atoms with van der Waals surface area (Å²) in [4.78, 5) is 36.6. The Kier molecular flexibility index (Phi) is 6.99. The minimum atomic E-state index is -0.987. The minimum Gasteiger partial charge on any atom is -0.489 e. The van der Waals surface area contributed by atoms with Gasteiger partial charge in [-0.05, 0) is 18.9 Å². The normalized spacial score (nSPS) is 16.6. The minimum absolute atomic E-state index is 0.143. The van der Waals surface area contributed by atoms with Crippen molar-refractivity contribution in [2.45, 2.75) is 38.4 Å². The SMILES string of the molecule is O=C(O)N(Cc1cc2c(cn1)OCCCO2)C1CCN(CCn2c(=O)ccc3ncc(F)cc32)CC1. The Labute approximate surface area is 206 Å². The summed E-state index contributed by atoms with van der Waals surface area (Å²) in [5.74, 6) is 0.686. The summed E-state index contributed by atoms with van der Waals surface area (Å²) in [7, 11) is 0. The van der Waals surface area contributed by atoms with E-state index in [1.807, 2.05) is 0 Å². The molecule has 0 spiro atoms. The van der Waals surface area contributed by atoms with Crippen LogP contribution in [0.15, 0.2) is 41.5 Å². The maximum Gasteiger partial charge on any atom is 0.407 e. The maximum absolute atomic E-state index is 13.7. The van der Waals surface area contributed by atoms with E-state index in [2.05, 4.69) is 14.9 Å². The van der Waals surface area contributed by atoms with Crippen molar-refractivity contribution in [1.29, 1.82) is 0 Å². The fraction of sp³-hybridized carbons (Fsp3) is 0.440. The smallest absolute Gasteiger partial charge is 0.407 e. The second-order valence-electron chi connectivity index (χ2n) is 9.04. The van der Waals surface area contributed by atoms with Gasteiger partial charge in [0.05, 0.1) is 48.9 Å². The molecule has 0 radical (unpaired) electrons. The number of likely N-dealkylation sites (tertiary alicyclic amines) is 1. The van der Waals surface area contributed by atoms with Gasteiger partial charge in [0, 0.05) is 56.8 Å². The van der Waals surface area contributed by atoms with Crippen molar-refractivity contribution in [3.05, 3.63) is 58.5 Å². The van der Waals surface area contributed by atoms with Crippen molar-refractivity contribution >= 4 is 17.1 Å². The second kappa shape index (κ2) is 10.5. The number of hydrogen-bond donors (Lipinski definition) is 1. The van der Waals surface area contributed by atoms with Gasteiger partial charge in [-0.15, -0.1) is 0 Å². The molecule has 3 aromatic heterocycles. The van der Waals surface area contributed by atoms with E-state index >= 15 is 0 Å². The van der Waals surface area contributed by atoms with E-state index in [1.165, 1.54) is 21.6 Å². The average Bonchev–Trinajstić information content (AvgIpc) is 3.12. The molecule has 2 aliphatic heterocycles. The quantitative estimate of drug-likeness (QED) is 0.554. The van der Waals surface area contributed by atoms with Gasteiger partial charge in [-0.3, -0.25) is 19.7 Å². The largest absolute Gasteiger partial charge is 0.489 e. The molecule has 0 atom stereocenters. The van der Waals surface area contributed by atoms with Crippen LogP contribution >= 0.6 is 0 Å². The number of rotatable bonds is 6. The standard InChI is InChI=1S/C25H28FN5O5/c26-17-12-21-20(28-14-17)2-3-24(32)30(21)9-8-29-6-4-19(5-7-29)31(25(33)34)16-18-13-22-23(15-27-18)36-11-1-10-35-22/h2-3,12-15,19H,1,4-11,16H2,(H,33,34). The van der Waals surface area contributed by atoms with Crippen molar-refractivity contribution in [3.8, 4) is 11.5 Å². The van der Waals surface area contributed by atoms with E-state index < -0.39 is 11.9 Å². The van der Waals surface area contributed by atoms with Crippen molar-refractivity contribution in [2.24, 2.45) is 0 Å². The van der Waals surface area contributed by atoms with Crippen LogP contribution in [0, 0.1) is 5.82 Å². The van der Waals surface area contributed by atoms with Crippen LogP contribution in [0.4, 0.5) is 9.18 Å². The third-order valence-electron chi connectivity index (χ3n) is 6.71. The molecular weight excluding hydrogens is 469 g/mol. The first-order chi connectivity index (χ1) is 17.5. The highest BCUT2D eigenvalue weighted by Crippen LogP contribution is 2.30. The second-order valence-corrected chi connectivity index (χ2v) is 9.04. The van der Waals surface area contributed by atoms with Gasteiger partial charge < -0.3 is 24.0 Å². The van der Waals surface area contributed by atoms with Gasteiger partial charge in [0.1, 0.15) is 5.82 Å². The van der Waals surface area contributed by atoms with E-state index in [4.69, 9.17) is 9.47 Å². The summed E-state index contributed by atoms with van der Waals surface area (Å²) in [6.07, 6.45) is 3.86. The zero-order chi connectivity index (χ0) is 25.1. The maximum atomic E-state index is 13.7. The van der Waals surface area contributed by atoms with Crippen LogP contribution in [0.25, 0.3) is 11.0 Å². The zero-order valence-corrected chi connectivity index (χ0v) is 19.8. The lowest BCUT2D eigenvalue weighted by Gasteiger charge is -2.37. The van der Waals surface area contributed by atoms with Gasteiger partial charge in [-0.1, -0.05) is 0 Å². The fourth-order valence-electron chi connectivity index (χ4n) is 4.79. The number of halogens is 1. The van der Waals surface area contributed by atoms with Crippen LogP contribution in [0.1, 0.15) is 25.0 Å². The number of carbonyl (C=O) groups is 1. The average molecular weight is 498 g/mol. The number of piperidine rings is 1. The lowest BCUT2D eigenvalue weighted by Crippen LogP contribution is -2.47. The first kappa shape index (κ1) is 24.0. The number of aromatic nitrogens is 3. The Morgan fingerprint density at radius 2 is 1.86 bits per heavy atom. The Morgan fingerprint density at radius 3 is 2.64 bits per heavy atom.